The van der Waals surface area contributed by atoms with E-state index < -0.39 is 10.4 Å². The molecule has 0 aromatic rings. The Balaban J connectivity index is -0.000000147. The first-order chi connectivity index (χ1) is 10.5. The van der Waals surface area contributed by atoms with Crippen LogP contribution in [-0.4, -0.2) is 32.8 Å². The molecule has 0 aliphatic carbocycles. The van der Waals surface area contributed by atoms with Gasteiger partial charge in [-0.2, -0.15) is 8.42 Å². The topological polar surface area (TPSA) is 108 Å². The molecule has 24 heavy (non-hydrogen) atoms. The number of hydrogen-bond donors (Lipinski definition) is 2. The minimum Gasteiger partial charge on any atom is -1.00 e. The Kier molecular flexibility index (Phi) is 35.2. The normalized spacial score (nSPS) is 10.2. The van der Waals surface area contributed by atoms with Crippen LogP contribution in [0.3, 0.4) is 0 Å². The smallest absolute Gasteiger partial charge is 1.00 e. The summed E-state index contributed by atoms with van der Waals surface area (Å²) in [4.78, 5) is 0. The number of ether oxygens (including phenoxy) is 1. The average molecular weight is 382 g/mol. The van der Waals surface area contributed by atoms with Gasteiger partial charge in [-0.15, -0.1) is 0 Å². The van der Waals surface area contributed by atoms with Crippen molar-refractivity contribution in [2.45, 2.75) is 85.0 Å². The fraction of sp³-hybridized carbons (Fsp3) is 1.00. The average Bonchev–Trinajstić information content (AvgIpc) is 2.45. The second kappa shape index (κ2) is 26.0. The van der Waals surface area contributed by atoms with E-state index in [1.165, 1.54) is 44.9 Å². The number of hydrogen-bond acceptors (Lipinski definition) is 5. The van der Waals surface area contributed by atoms with Gasteiger partial charge in [0.15, 0.2) is 0 Å². The van der Waals surface area contributed by atoms with Crippen LogP contribution in [-0.2, 0) is 19.3 Å². The Morgan fingerprint density at radius 3 is 1.46 bits per heavy atom. The molecule has 0 spiro atoms. The first kappa shape index (κ1) is 32.5. The van der Waals surface area contributed by atoms with E-state index in [0.717, 1.165) is 26.1 Å². The van der Waals surface area contributed by atoms with Crippen molar-refractivity contribution in [1.82, 2.24) is 6.15 Å². The zero-order chi connectivity index (χ0) is 17.1. The summed E-state index contributed by atoms with van der Waals surface area (Å²) in [5.41, 5.74) is 0. The Bertz CT molecular complexity index is 307. The summed E-state index contributed by atoms with van der Waals surface area (Å²) in [5.74, 6) is 0. The third kappa shape index (κ3) is 38.4. The Morgan fingerprint density at radius 1 is 0.792 bits per heavy atom. The standard InChI is InChI=1S/C12H26O4S.C4H10O.H3N.Na.H/c1-2-3-4-5-6-7-8-9-10-11-12-16-17(13,14)15;1-3-5-4-2;;;/h2-12H2,1H3,(H,13,14,15);3-4H2,1-2H3;1H3;;/q;;;+1;-1. The quantitative estimate of drug-likeness (QED) is 0.271. The van der Waals surface area contributed by atoms with E-state index in [4.69, 9.17) is 9.29 Å². The molecule has 0 heterocycles. The summed E-state index contributed by atoms with van der Waals surface area (Å²) in [6, 6.07) is 0. The Morgan fingerprint density at radius 2 is 1.17 bits per heavy atom. The summed E-state index contributed by atoms with van der Waals surface area (Å²) in [7, 11) is -4.23. The third-order valence-electron chi connectivity index (χ3n) is 3.14. The number of unbranched alkanes of at least 4 members (excludes halogenated alkanes) is 9. The Labute approximate surface area is 173 Å². The van der Waals surface area contributed by atoms with Gasteiger partial charge in [0.25, 0.3) is 0 Å². The molecule has 0 saturated heterocycles. The van der Waals surface area contributed by atoms with Crippen LogP contribution in [0.1, 0.15) is 86.4 Å². The van der Waals surface area contributed by atoms with Crippen LogP contribution < -0.4 is 35.7 Å². The molecule has 0 rings (SSSR count). The second-order valence-electron chi connectivity index (χ2n) is 5.21. The third-order valence-corrected chi connectivity index (χ3v) is 3.60. The predicted molar refractivity (Wildman–Crippen MR) is 97.6 cm³/mol. The maximum absolute atomic E-state index is 10.2. The maximum Gasteiger partial charge on any atom is 1.00 e. The van der Waals surface area contributed by atoms with Crippen LogP contribution in [0.4, 0.5) is 0 Å². The van der Waals surface area contributed by atoms with Crippen LogP contribution in [0.25, 0.3) is 0 Å². The molecular formula is C16H40NNaO5S. The summed E-state index contributed by atoms with van der Waals surface area (Å²) >= 11 is 0. The molecule has 0 fully saturated rings. The fourth-order valence-electron chi connectivity index (χ4n) is 1.96. The van der Waals surface area contributed by atoms with Crippen molar-refractivity contribution in [3.8, 4) is 0 Å². The molecule has 6 nitrogen and oxygen atoms in total. The molecule has 8 heteroatoms. The first-order valence-corrected chi connectivity index (χ1v) is 10.0. The van der Waals surface area contributed by atoms with Gasteiger partial charge in [0.05, 0.1) is 6.61 Å². The van der Waals surface area contributed by atoms with Crippen LogP contribution in [0.2, 0.25) is 0 Å². The van der Waals surface area contributed by atoms with Gasteiger partial charge >= 0.3 is 40.0 Å². The summed E-state index contributed by atoms with van der Waals surface area (Å²) in [6.45, 7) is 7.98. The maximum atomic E-state index is 10.2. The molecule has 0 saturated carbocycles. The summed E-state index contributed by atoms with van der Waals surface area (Å²) in [5, 5.41) is 0. The molecule has 0 amide bonds. The van der Waals surface area contributed by atoms with Crippen LogP contribution in [0.5, 0.6) is 0 Å². The largest absolute Gasteiger partial charge is 1.00 e. The van der Waals surface area contributed by atoms with Gasteiger partial charge in [0.1, 0.15) is 0 Å². The van der Waals surface area contributed by atoms with Gasteiger partial charge in [0.2, 0.25) is 0 Å². The molecule has 0 aromatic carbocycles. The molecule has 0 aliphatic heterocycles. The van der Waals surface area contributed by atoms with Gasteiger partial charge in [-0.1, -0.05) is 64.7 Å². The summed E-state index contributed by atoms with van der Waals surface area (Å²) in [6.07, 6.45) is 11.9. The van der Waals surface area contributed by atoms with E-state index in [2.05, 4.69) is 11.1 Å². The number of rotatable bonds is 14. The van der Waals surface area contributed by atoms with Crippen molar-refractivity contribution in [3.63, 3.8) is 0 Å². The van der Waals surface area contributed by atoms with Crippen molar-refractivity contribution < 1.29 is 52.9 Å². The van der Waals surface area contributed by atoms with E-state index in [9.17, 15) is 8.42 Å². The zero-order valence-corrected chi connectivity index (χ0v) is 19.2. The van der Waals surface area contributed by atoms with E-state index in [1.54, 1.807) is 0 Å². The molecule has 0 unspecified atom stereocenters. The van der Waals surface area contributed by atoms with Crippen LogP contribution >= 0.6 is 0 Å². The molecule has 0 aromatic heterocycles. The molecule has 0 aliphatic rings. The Hall–Kier alpha value is 0.790. The van der Waals surface area contributed by atoms with E-state index in [-0.39, 0.29) is 43.7 Å². The molecule has 0 atom stereocenters. The van der Waals surface area contributed by atoms with Crippen molar-refractivity contribution in [2.75, 3.05) is 19.8 Å². The molecular weight excluding hydrogens is 341 g/mol. The fourth-order valence-corrected chi connectivity index (χ4v) is 2.29. The molecule has 146 valence electrons. The minimum atomic E-state index is -4.23. The van der Waals surface area contributed by atoms with Crippen molar-refractivity contribution in [3.05, 3.63) is 0 Å². The molecule has 0 bridgehead atoms. The van der Waals surface area contributed by atoms with Gasteiger partial charge in [-0.3, -0.25) is 4.55 Å². The second-order valence-corrected chi connectivity index (χ2v) is 6.30. The predicted octanol–water partition coefficient (Wildman–Crippen LogP) is 2.05. The van der Waals surface area contributed by atoms with Crippen molar-refractivity contribution in [2.24, 2.45) is 0 Å². The van der Waals surface area contributed by atoms with E-state index in [1.807, 2.05) is 13.8 Å². The minimum absolute atomic E-state index is 0. The monoisotopic (exact) mass is 381 g/mol. The van der Waals surface area contributed by atoms with E-state index >= 15 is 0 Å². The van der Waals surface area contributed by atoms with Gasteiger partial charge in [0, 0.05) is 13.2 Å². The first-order valence-electron chi connectivity index (χ1n) is 8.67. The molecule has 4 N–H and O–H groups in total. The van der Waals surface area contributed by atoms with Crippen molar-refractivity contribution in [1.29, 1.82) is 0 Å². The van der Waals surface area contributed by atoms with Gasteiger partial charge in [-0.05, 0) is 20.3 Å². The molecule has 0 radical (unpaired) electrons. The van der Waals surface area contributed by atoms with Crippen LogP contribution in [0, 0.1) is 0 Å². The van der Waals surface area contributed by atoms with Crippen LogP contribution in [0.15, 0.2) is 0 Å². The van der Waals surface area contributed by atoms with E-state index in [0.29, 0.717) is 6.42 Å². The van der Waals surface area contributed by atoms with Crippen molar-refractivity contribution >= 4 is 10.4 Å². The van der Waals surface area contributed by atoms with Gasteiger partial charge < -0.3 is 12.3 Å². The summed E-state index contributed by atoms with van der Waals surface area (Å²) < 4.78 is 37.8. The van der Waals surface area contributed by atoms with Gasteiger partial charge in [-0.25, -0.2) is 4.18 Å². The SMILES string of the molecule is CCCCCCCCCCCCOS(=O)(=O)O.CCOCC.N.[H-].[Na+]. The zero-order valence-electron chi connectivity index (χ0n) is 17.4.